The summed E-state index contributed by atoms with van der Waals surface area (Å²) in [4.78, 5) is 13.8. The molecule has 1 saturated heterocycles. The second-order valence-corrected chi connectivity index (χ2v) is 7.43. The van der Waals surface area contributed by atoms with Crippen molar-refractivity contribution in [2.75, 3.05) is 31.8 Å². The molecule has 122 valence electrons. The molecule has 0 aliphatic carbocycles. The minimum atomic E-state index is -3.01. The van der Waals surface area contributed by atoms with Crippen LogP contribution in [0.2, 0.25) is 0 Å². The van der Waals surface area contributed by atoms with E-state index in [4.69, 9.17) is 9.47 Å². The van der Waals surface area contributed by atoms with Crippen LogP contribution in [0.1, 0.15) is 13.3 Å². The van der Waals surface area contributed by atoms with Gasteiger partial charge in [-0.05, 0) is 37.6 Å². The van der Waals surface area contributed by atoms with Gasteiger partial charge in [-0.25, -0.2) is 8.42 Å². The van der Waals surface area contributed by atoms with Crippen LogP contribution in [-0.2, 0) is 14.6 Å². The van der Waals surface area contributed by atoms with Crippen molar-refractivity contribution in [2.24, 2.45) is 0 Å². The molecule has 22 heavy (non-hydrogen) atoms. The molecule has 0 aromatic heterocycles. The minimum Gasteiger partial charge on any atom is -0.497 e. The van der Waals surface area contributed by atoms with Gasteiger partial charge in [0.25, 0.3) is 5.91 Å². The Balaban J connectivity index is 1.92. The predicted molar refractivity (Wildman–Crippen MR) is 82.9 cm³/mol. The second-order valence-electron chi connectivity index (χ2n) is 5.20. The van der Waals surface area contributed by atoms with Crippen LogP contribution in [0.5, 0.6) is 11.5 Å². The number of amides is 1. The summed E-state index contributed by atoms with van der Waals surface area (Å²) in [7, 11) is -1.43. The van der Waals surface area contributed by atoms with Crippen LogP contribution >= 0.6 is 0 Å². The maximum absolute atomic E-state index is 12.3. The largest absolute Gasteiger partial charge is 0.497 e. The number of rotatable bonds is 6. The molecule has 0 bridgehead atoms. The number of sulfone groups is 1. The summed E-state index contributed by atoms with van der Waals surface area (Å²) in [5, 5.41) is 0. The van der Waals surface area contributed by atoms with Gasteiger partial charge in [-0.3, -0.25) is 4.79 Å². The molecule has 1 aliphatic rings. The molecule has 2 rings (SSSR count). The standard InChI is InChI=1S/C15H21NO5S/c1-3-16(12-8-9-22(18,19)11-12)15(17)10-21-14-6-4-13(20-2)5-7-14/h4-7,12H,3,8-11H2,1-2H3. The van der Waals surface area contributed by atoms with Gasteiger partial charge in [-0.1, -0.05) is 0 Å². The fraction of sp³-hybridized carbons (Fsp3) is 0.533. The Kier molecular flexibility index (Phi) is 5.28. The Hall–Kier alpha value is -1.76. The molecular weight excluding hydrogens is 306 g/mol. The lowest BCUT2D eigenvalue weighted by molar-refractivity contribution is -0.135. The average molecular weight is 327 g/mol. The molecule has 1 heterocycles. The van der Waals surface area contributed by atoms with Gasteiger partial charge in [-0.15, -0.1) is 0 Å². The van der Waals surface area contributed by atoms with Crippen molar-refractivity contribution in [1.82, 2.24) is 4.90 Å². The number of carbonyl (C=O) groups is 1. The van der Waals surface area contributed by atoms with E-state index in [1.165, 1.54) is 0 Å². The van der Waals surface area contributed by atoms with E-state index < -0.39 is 9.84 Å². The quantitative estimate of drug-likeness (QED) is 0.782. The highest BCUT2D eigenvalue weighted by Gasteiger charge is 2.33. The number of ether oxygens (including phenoxy) is 2. The van der Waals surface area contributed by atoms with Crippen LogP contribution < -0.4 is 9.47 Å². The third kappa shape index (κ3) is 4.13. The fourth-order valence-electron chi connectivity index (χ4n) is 2.56. The first-order valence-electron chi connectivity index (χ1n) is 7.22. The van der Waals surface area contributed by atoms with E-state index in [-0.39, 0.29) is 30.1 Å². The Morgan fingerprint density at radius 1 is 1.27 bits per heavy atom. The van der Waals surface area contributed by atoms with E-state index >= 15 is 0 Å². The molecule has 1 aromatic carbocycles. The first-order valence-corrected chi connectivity index (χ1v) is 9.04. The Morgan fingerprint density at radius 3 is 2.41 bits per heavy atom. The van der Waals surface area contributed by atoms with E-state index in [0.29, 0.717) is 24.5 Å². The first-order chi connectivity index (χ1) is 10.4. The molecule has 0 spiro atoms. The molecule has 7 heteroatoms. The van der Waals surface area contributed by atoms with E-state index in [9.17, 15) is 13.2 Å². The van der Waals surface area contributed by atoms with Crippen LogP contribution in [0.25, 0.3) is 0 Å². The van der Waals surface area contributed by atoms with Gasteiger partial charge in [0.15, 0.2) is 16.4 Å². The zero-order valence-electron chi connectivity index (χ0n) is 12.8. The lowest BCUT2D eigenvalue weighted by Gasteiger charge is -2.26. The average Bonchev–Trinajstić information content (AvgIpc) is 2.86. The first kappa shape index (κ1) is 16.6. The Bertz CT molecular complexity index is 611. The van der Waals surface area contributed by atoms with Crippen molar-refractivity contribution < 1.29 is 22.7 Å². The normalized spacial score (nSPS) is 19.6. The van der Waals surface area contributed by atoms with Crippen molar-refractivity contribution in [3.05, 3.63) is 24.3 Å². The summed E-state index contributed by atoms with van der Waals surface area (Å²) in [6.07, 6.45) is 0.504. The van der Waals surface area contributed by atoms with Crippen molar-refractivity contribution in [3.63, 3.8) is 0 Å². The van der Waals surface area contributed by atoms with Crippen LogP contribution in [0.4, 0.5) is 0 Å². The number of nitrogens with zero attached hydrogens (tertiary/aromatic N) is 1. The highest BCUT2D eigenvalue weighted by Crippen LogP contribution is 2.19. The predicted octanol–water partition coefficient (Wildman–Crippen LogP) is 1.11. The van der Waals surface area contributed by atoms with Crippen molar-refractivity contribution in [1.29, 1.82) is 0 Å². The molecule has 1 unspecified atom stereocenters. The third-order valence-corrected chi connectivity index (χ3v) is 5.48. The molecule has 0 saturated carbocycles. The molecule has 1 amide bonds. The number of methoxy groups -OCH3 is 1. The molecule has 1 atom stereocenters. The topological polar surface area (TPSA) is 72.9 Å². The van der Waals surface area contributed by atoms with Gasteiger partial charge in [0.1, 0.15) is 11.5 Å². The van der Waals surface area contributed by atoms with Gasteiger partial charge in [0, 0.05) is 12.6 Å². The summed E-state index contributed by atoms with van der Waals surface area (Å²) in [6.45, 7) is 2.22. The number of likely N-dealkylation sites (N-methyl/N-ethyl adjacent to an activating group) is 1. The Labute approximate surface area is 130 Å². The molecule has 1 aliphatic heterocycles. The number of hydrogen-bond donors (Lipinski definition) is 0. The van der Waals surface area contributed by atoms with Crippen molar-refractivity contribution >= 4 is 15.7 Å². The monoisotopic (exact) mass is 327 g/mol. The van der Waals surface area contributed by atoms with Gasteiger partial charge in [-0.2, -0.15) is 0 Å². The lowest BCUT2D eigenvalue weighted by atomic mass is 10.2. The maximum Gasteiger partial charge on any atom is 0.260 e. The fourth-order valence-corrected chi connectivity index (χ4v) is 4.29. The van der Waals surface area contributed by atoms with Gasteiger partial charge < -0.3 is 14.4 Å². The molecule has 1 fully saturated rings. The molecule has 1 aromatic rings. The lowest BCUT2D eigenvalue weighted by Crippen LogP contribution is -2.43. The van der Waals surface area contributed by atoms with E-state index in [1.807, 2.05) is 6.92 Å². The van der Waals surface area contributed by atoms with Crippen LogP contribution in [-0.4, -0.2) is 57.0 Å². The zero-order valence-corrected chi connectivity index (χ0v) is 13.6. The summed E-state index contributed by atoms with van der Waals surface area (Å²) in [5.41, 5.74) is 0. The second kappa shape index (κ2) is 7.00. The van der Waals surface area contributed by atoms with Crippen LogP contribution in [0.15, 0.2) is 24.3 Å². The van der Waals surface area contributed by atoms with Crippen molar-refractivity contribution in [2.45, 2.75) is 19.4 Å². The molecular formula is C15H21NO5S. The SMILES string of the molecule is CCN(C(=O)COc1ccc(OC)cc1)C1CCS(=O)(=O)C1. The van der Waals surface area contributed by atoms with E-state index in [0.717, 1.165) is 0 Å². The number of benzene rings is 1. The molecule has 0 radical (unpaired) electrons. The zero-order chi connectivity index (χ0) is 16.2. The molecule has 0 N–H and O–H groups in total. The summed E-state index contributed by atoms with van der Waals surface area (Å²) in [5.74, 6) is 1.30. The summed E-state index contributed by atoms with van der Waals surface area (Å²) >= 11 is 0. The summed E-state index contributed by atoms with van der Waals surface area (Å²) < 4.78 is 33.6. The highest BCUT2D eigenvalue weighted by molar-refractivity contribution is 7.91. The third-order valence-electron chi connectivity index (χ3n) is 3.73. The smallest absolute Gasteiger partial charge is 0.260 e. The van der Waals surface area contributed by atoms with Crippen molar-refractivity contribution in [3.8, 4) is 11.5 Å². The van der Waals surface area contributed by atoms with E-state index in [2.05, 4.69) is 0 Å². The number of carbonyl (C=O) groups excluding carboxylic acids is 1. The summed E-state index contributed by atoms with van der Waals surface area (Å²) in [6, 6.07) is 6.72. The number of hydrogen-bond acceptors (Lipinski definition) is 5. The molecule has 6 nitrogen and oxygen atoms in total. The minimum absolute atomic E-state index is 0.0507. The van der Waals surface area contributed by atoms with E-state index in [1.54, 1.807) is 36.3 Å². The maximum atomic E-state index is 12.3. The Morgan fingerprint density at radius 2 is 1.91 bits per heavy atom. The van der Waals surface area contributed by atoms with Crippen LogP contribution in [0.3, 0.4) is 0 Å². The van der Waals surface area contributed by atoms with Crippen LogP contribution in [0, 0.1) is 0 Å². The van der Waals surface area contributed by atoms with Gasteiger partial charge in [0.2, 0.25) is 0 Å². The van der Waals surface area contributed by atoms with Gasteiger partial charge >= 0.3 is 0 Å². The van der Waals surface area contributed by atoms with Gasteiger partial charge in [0.05, 0.1) is 18.6 Å². The highest BCUT2D eigenvalue weighted by atomic mass is 32.2.